The summed E-state index contributed by atoms with van der Waals surface area (Å²) >= 11 is 1.45. The van der Waals surface area contributed by atoms with Crippen LogP contribution in [0.3, 0.4) is 0 Å². The van der Waals surface area contributed by atoms with Gasteiger partial charge in [0.15, 0.2) is 11.6 Å². The van der Waals surface area contributed by atoms with Gasteiger partial charge in [-0.1, -0.05) is 17.3 Å². The van der Waals surface area contributed by atoms with Crippen molar-refractivity contribution in [2.75, 3.05) is 0 Å². The highest BCUT2D eigenvalue weighted by atomic mass is 32.2. The van der Waals surface area contributed by atoms with Gasteiger partial charge >= 0.3 is 0 Å². The molecule has 0 fully saturated rings. The van der Waals surface area contributed by atoms with Crippen LogP contribution in [0, 0.1) is 0 Å². The number of furan rings is 1. The van der Waals surface area contributed by atoms with Crippen molar-refractivity contribution in [3.8, 4) is 17.4 Å². The number of benzene rings is 1. The Bertz CT molecular complexity index is 664. The highest BCUT2D eigenvalue weighted by Gasteiger charge is 2.11. The van der Waals surface area contributed by atoms with Crippen LogP contribution in [0.4, 0.5) is 0 Å². The Kier molecular flexibility index (Phi) is 3.24. The lowest BCUT2D eigenvalue weighted by Gasteiger charge is -2.00. The normalized spacial score (nSPS) is 10.7. The second kappa shape index (κ2) is 5.19. The second-order valence-corrected chi connectivity index (χ2v) is 4.77. The van der Waals surface area contributed by atoms with Crippen molar-refractivity contribution < 1.29 is 14.0 Å². The standard InChI is InChI=1S/C13H10N2O3S/c16-9-4-1-2-6-11(9)19-8-12-14-13(18-15-12)10-5-3-7-17-10/h1-7,16H,8H2. The van der Waals surface area contributed by atoms with Gasteiger partial charge in [0.2, 0.25) is 0 Å². The van der Waals surface area contributed by atoms with E-state index >= 15 is 0 Å². The highest BCUT2D eigenvalue weighted by Crippen LogP contribution is 2.30. The van der Waals surface area contributed by atoms with Crippen LogP contribution in [0.5, 0.6) is 5.75 Å². The summed E-state index contributed by atoms with van der Waals surface area (Å²) in [6, 6.07) is 10.7. The molecule has 96 valence electrons. The molecule has 0 atom stereocenters. The Morgan fingerprint density at radius 2 is 2.05 bits per heavy atom. The number of rotatable bonds is 4. The third-order valence-corrected chi connectivity index (χ3v) is 3.48. The van der Waals surface area contributed by atoms with Crippen molar-refractivity contribution in [3.05, 3.63) is 48.5 Å². The van der Waals surface area contributed by atoms with E-state index in [2.05, 4.69) is 10.1 Å². The third kappa shape index (κ3) is 2.63. The first-order valence-electron chi connectivity index (χ1n) is 5.60. The van der Waals surface area contributed by atoms with Crippen LogP contribution in [0.2, 0.25) is 0 Å². The van der Waals surface area contributed by atoms with Gasteiger partial charge in [-0.2, -0.15) is 4.98 Å². The summed E-state index contributed by atoms with van der Waals surface area (Å²) < 4.78 is 10.3. The Hall–Kier alpha value is -2.21. The van der Waals surface area contributed by atoms with Crippen LogP contribution in [-0.4, -0.2) is 15.2 Å². The summed E-state index contributed by atoms with van der Waals surface area (Å²) in [5.74, 6) is 2.23. The number of aromatic hydroxyl groups is 1. The minimum Gasteiger partial charge on any atom is -0.507 e. The average molecular weight is 274 g/mol. The van der Waals surface area contributed by atoms with Crippen LogP contribution in [0.15, 0.2) is 56.5 Å². The summed E-state index contributed by atoms with van der Waals surface area (Å²) in [5, 5.41) is 13.5. The van der Waals surface area contributed by atoms with Crippen molar-refractivity contribution in [2.45, 2.75) is 10.6 Å². The van der Waals surface area contributed by atoms with Gasteiger partial charge < -0.3 is 14.0 Å². The summed E-state index contributed by atoms with van der Waals surface area (Å²) in [6.45, 7) is 0. The number of aromatic nitrogens is 2. The lowest BCUT2D eigenvalue weighted by molar-refractivity contribution is 0.411. The first kappa shape index (κ1) is 11.9. The molecule has 6 heteroatoms. The van der Waals surface area contributed by atoms with Crippen LogP contribution in [-0.2, 0) is 5.75 Å². The largest absolute Gasteiger partial charge is 0.507 e. The SMILES string of the molecule is Oc1ccccc1SCc1noc(-c2ccco2)n1. The average Bonchev–Trinajstić information content (AvgIpc) is 3.09. The number of phenolic OH excluding ortho intramolecular Hbond substituents is 1. The van der Waals surface area contributed by atoms with Gasteiger partial charge in [0.1, 0.15) is 5.75 Å². The molecule has 0 spiro atoms. The number of hydrogen-bond donors (Lipinski definition) is 1. The number of para-hydroxylation sites is 1. The number of phenols is 1. The summed E-state index contributed by atoms with van der Waals surface area (Å²) in [6.07, 6.45) is 1.55. The van der Waals surface area contributed by atoms with Gasteiger partial charge in [-0.3, -0.25) is 0 Å². The van der Waals surface area contributed by atoms with E-state index in [0.29, 0.717) is 23.2 Å². The maximum atomic E-state index is 9.64. The molecular formula is C13H10N2O3S. The van der Waals surface area contributed by atoms with E-state index in [9.17, 15) is 5.11 Å². The first-order chi connectivity index (χ1) is 9.33. The molecule has 2 heterocycles. The van der Waals surface area contributed by atoms with Crippen molar-refractivity contribution in [1.82, 2.24) is 10.1 Å². The lowest BCUT2D eigenvalue weighted by atomic mass is 10.3. The maximum absolute atomic E-state index is 9.64. The Morgan fingerprint density at radius 1 is 1.16 bits per heavy atom. The zero-order valence-electron chi connectivity index (χ0n) is 9.81. The summed E-state index contributed by atoms with van der Waals surface area (Å²) in [4.78, 5) is 5.01. The molecule has 3 rings (SSSR count). The summed E-state index contributed by atoms with van der Waals surface area (Å²) in [5.41, 5.74) is 0. The molecule has 0 bridgehead atoms. The summed E-state index contributed by atoms with van der Waals surface area (Å²) in [7, 11) is 0. The van der Waals surface area contributed by atoms with Gasteiger partial charge in [-0.15, -0.1) is 11.8 Å². The maximum Gasteiger partial charge on any atom is 0.293 e. The molecule has 1 N–H and O–H groups in total. The molecule has 5 nitrogen and oxygen atoms in total. The molecule has 0 amide bonds. The predicted molar refractivity (Wildman–Crippen MR) is 69.7 cm³/mol. The fraction of sp³-hybridized carbons (Fsp3) is 0.0769. The second-order valence-electron chi connectivity index (χ2n) is 3.75. The monoisotopic (exact) mass is 274 g/mol. The molecular weight excluding hydrogens is 264 g/mol. The van der Waals surface area contributed by atoms with Crippen molar-refractivity contribution in [3.63, 3.8) is 0 Å². The topological polar surface area (TPSA) is 72.3 Å². The van der Waals surface area contributed by atoms with E-state index in [1.54, 1.807) is 30.5 Å². The van der Waals surface area contributed by atoms with Crippen LogP contribution >= 0.6 is 11.8 Å². The van der Waals surface area contributed by atoms with E-state index in [1.165, 1.54) is 11.8 Å². The molecule has 2 aromatic heterocycles. The van der Waals surface area contributed by atoms with Gasteiger partial charge in [-0.05, 0) is 24.3 Å². The fourth-order valence-corrected chi connectivity index (χ4v) is 2.33. The van der Waals surface area contributed by atoms with E-state index in [1.807, 2.05) is 12.1 Å². The molecule has 0 radical (unpaired) electrons. The van der Waals surface area contributed by atoms with Crippen molar-refractivity contribution >= 4 is 11.8 Å². The Morgan fingerprint density at radius 3 is 2.84 bits per heavy atom. The molecule has 0 saturated heterocycles. The van der Waals surface area contributed by atoms with Gasteiger partial charge in [-0.25, -0.2) is 0 Å². The van der Waals surface area contributed by atoms with Crippen molar-refractivity contribution in [1.29, 1.82) is 0 Å². The quantitative estimate of drug-likeness (QED) is 0.736. The van der Waals surface area contributed by atoms with Crippen LogP contribution < -0.4 is 0 Å². The molecule has 0 saturated carbocycles. The third-order valence-electron chi connectivity index (χ3n) is 2.42. The van der Waals surface area contributed by atoms with E-state index < -0.39 is 0 Å². The number of nitrogens with zero attached hydrogens (tertiary/aromatic N) is 2. The smallest absolute Gasteiger partial charge is 0.293 e. The molecule has 0 unspecified atom stereocenters. The van der Waals surface area contributed by atoms with E-state index in [4.69, 9.17) is 8.94 Å². The molecule has 0 aliphatic rings. The minimum absolute atomic E-state index is 0.252. The Labute approximate surface area is 113 Å². The molecule has 3 aromatic rings. The van der Waals surface area contributed by atoms with E-state index in [-0.39, 0.29) is 5.75 Å². The Balaban J connectivity index is 1.70. The molecule has 0 aliphatic heterocycles. The zero-order chi connectivity index (χ0) is 13.1. The van der Waals surface area contributed by atoms with Gasteiger partial charge in [0.25, 0.3) is 5.89 Å². The highest BCUT2D eigenvalue weighted by molar-refractivity contribution is 7.98. The fourth-order valence-electron chi connectivity index (χ4n) is 1.53. The first-order valence-corrected chi connectivity index (χ1v) is 6.59. The number of hydrogen-bond acceptors (Lipinski definition) is 6. The minimum atomic E-state index is 0.252. The lowest BCUT2D eigenvalue weighted by Crippen LogP contribution is -1.84. The predicted octanol–water partition coefficient (Wildman–Crippen LogP) is 3.33. The van der Waals surface area contributed by atoms with Crippen molar-refractivity contribution in [2.24, 2.45) is 0 Å². The van der Waals surface area contributed by atoms with Gasteiger partial charge in [0, 0.05) is 4.90 Å². The molecule has 19 heavy (non-hydrogen) atoms. The number of thioether (sulfide) groups is 1. The molecule has 1 aromatic carbocycles. The molecule has 0 aliphatic carbocycles. The zero-order valence-corrected chi connectivity index (χ0v) is 10.6. The van der Waals surface area contributed by atoms with Crippen LogP contribution in [0.1, 0.15) is 5.82 Å². The van der Waals surface area contributed by atoms with Crippen LogP contribution in [0.25, 0.3) is 11.7 Å². The van der Waals surface area contributed by atoms with Gasteiger partial charge in [0.05, 0.1) is 12.0 Å². The van der Waals surface area contributed by atoms with E-state index in [0.717, 1.165) is 4.90 Å².